The smallest absolute Gasteiger partial charge is 0.312 e. The van der Waals surface area contributed by atoms with Gasteiger partial charge in [0.2, 0.25) is 5.43 Å². The Morgan fingerprint density at radius 2 is 1.71 bits per heavy atom. The third-order valence-electron chi connectivity index (χ3n) is 13.4. The average molecular weight is 912 g/mol. The second kappa shape index (κ2) is 19.6. The van der Waals surface area contributed by atoms with Crippen LogP contribution in [0.4, 0.5) is 5.69 Å². The van der Waals surface area contributed by atoms with Crippen LogP contribution in [-0.4, -0.2) is 106 Å². The van der Waals surface area contributed by atoms with Crippen LogP contribution in [0.3, 0.4) is 0 Å². The van der Waals surface area contributed by atoms with Crippen molar-refractivity contribution in [3.63, 3.8) is 0 Å². The summed E-state index contributed by atoms with van der Waals surface area (Å²) in [6.45, 7) is 15.9. The maximum atomic E-state index is 14.8. The first-order valence-electron chi connectivity index (χ1n) is 22.6. The fourth-order valence-electron chi connectivity index (χ4n) is 9.35. The molecule has 4 heterocycles. The zero-order chi connectivity index (χ0) is 47.8. The van der Waals surface area contributed by atoms with Gasteiger partial charge >= 0.3 is 11.8 Å². The molecule has 7 rings (SSSR count). The topological polar surface area (TPSA) is 216 Å². The number of methoxy groups -OCH3 is 1. The number of nitrogens with zero attached hydrogens (tertiary/aromatic N) is 2. The molecule has 16 heteroatoms. The molecule has 0 aromatic heterocycles. The van der Waals surface area contributed by atoms with Gasteiger partial charge in [0.25, 0.3) is 11.7 Å². The summed E-state index contributed by atoms with van der Waals surface area (Å²) in [5.74, 6) is -6.72. The molecular formula is C50H61N3O13. The van der Waals surface area contributed by atoms with E-state index in [2.05, 4.69) is 10.2 Å². The van der Waals surface area contributed by atoms with Crippen LogP contribution in [0.1, 0.15) is 83.7 Å². The van der Waals surface area contributed by atoms with Crippen molar-refractivity contribution in [2.45, 2.75) is 105 Å². The third-order valence-corrected chi connectivity index (χ3v) is 13.4. The number of esters is 1. The van der Waals surface area contributed by atoms with E-state index in [0.717, 1.165) is 32.5 Å². The van der Waals surface area contributed by atoms with Crippen LogP contribution in [0.15, 0.2) is 63.6 Å². The zero-order valence-electron chi connectivity index (χ0n) is 39.0. The second-order valence-electron chi connectivity index (χ2n) is 18.1. The van der Waals surface area contributed by atoms with Gasteiger partial charge in [0, 0.05) is 73.8 Å². The van der Waals surface area contributed by atoms with Gasteiger partial charge in [-0.2, -0.15) is 0 Å². The van der Waals surface area contributed by atoms with Crippen molar-refractivity contribution in [3.8, 4) is 28.7 Å². The highest BCUT2D eigenvalue weighted by molar-refractivity contribution is 6.22. The van der Waals surface area contributed by atoms with Crippen molar-refractivity contribution in [1.29, 1.82) is 0 Å². The highest BCUT2D eigenvalue weighted by Gasteiger charge is 2.50. The molecule has 354 valence electrons. The Kier molecular flexibility index (Phi) is 14.3. The van der Waals surface area contributed by atoms with Crippen LogP contribution >= 0.6 is 0 Å². The molecule has 0 spiro atoms. The number of ketones is 1. The Hall–Kier alpha value is -5.81. The van der Waals surface area contributed by atoms with Gasteiger partial charge in [-0.3, -0.25) is 24.1 Å². The predicted molar refractivity (Wildman–Crippen MR) is 247 cm³/mol. The number of rotatable bonds is 6. The van der Waals surface area contributed by atoms with E-state index < -0.39 is 82.7 Å². The fraction of sp³-hybridized carbons (Fsp3) is 0.500. The van der Waals surface area contributed by atoms with Crippen LogP contribution in [0.5, 0.6) is 17.2 Å². The minimum absolute atomic E-state index is 0.0107. The standard InChI is InChI=1S/C50H61N3O13/c1-25-14-13-15-26(2)49(60)52-40-44(58)37-36(39-47(40)65-35-24-32(16-17-33(35)51-39)62-23-21-53-19-11-10-12-20-53)38-46(30(6)43(37)57)66-50(8,48(38)59)63-22-18-34(61-9)27(3)45(64-31(7)54)29(5)42(56)28(4)41(25)55/h13-18,22,24-25,27-29,34,41-42,45,55-57H,10-12,19-21,23H2,1-9H3,(H,52,60)/b14-13+,22-18+,26-15-/t25-,27+,28+,29+,34-,41-,42+,45+,50-/m0/s1. The number of aliphatic hydroxyl groups is 2. The number of fused-ring (bicyclic) bond motifs is 2. The SMILES string of the molecule is CO[C@H]1/C=C/O[C@@]2(C)Oc3c(C)c(O)c4c(=O)c(c5oc6cc(OCCN7CCCCC7)ccc6nc-5c4c3C2=O)NC(=O)/C(C)=C\C=C\[C@H](C)[C@H](O)[C@@H](C)[C@@H](O)[C@@H](C)[C@H](OC(C)=O)[C@@H]1C. The lowest BCUT2D eigenvalue weighted by Gasteiger charge is -2.38. The molecule has 1 amide bonds. The number of anilines is 1. The highest BCUT2D eigenvalue weighted by atomic mass is 16.7. The number of phenolic OH excluding ortho intramolecular Hbond substituents is 1. The number of phenols is 1. The van der Waals surface area contributed by atoms with Gasteiger partial charge in [-0.15, -0.1) is 0 Å². The first kappa shape index (κ1) is 48.1. The third kappa shape index (κ3) is 9.28. The molecule has 4 aliphatic heterocycles. The Balaban J connectivity index is 1.38. The lowest BCUT2D eigenvalue weighted by atomic mass is 9.78. The molecule has 16 nitrogen and oxygen atoms in total. The number of aromatic hydroxyl groups is 1. The Morgan fingerprint density at radius 1 is 0.985 bits per heavy atom. The molecule has 1 fully saturated rings. The van der Waals surface area contributed by atoms with Gasteiger partial charge in [-0.25, -0.2) is 4.98 Å². The number of amides is 1. The molecule has 1 saturated heterocycles. The molecule has 66 heavy (non-hydrogen) atoms. The zero-order valence-corrected chi connectivity index (χ0v) is 39.0. The molecule has 0 radical (unpaired) electrons. The first-order chi connectivity index (χ1) is 31.4. The number of nitrogens with one attached hydrogen (secondary N) is 1. The molecule has 9 atom stereocenters. The van der Waals surface area contributed by atoms with Crippen LogP contribution in [-0.2, 0) is 23.8 Å². The minimum atomic E-state index is -2.03. The molecule has 0 saturated carbocycles. The maximum absolute atomic E-state index is 14.8. The summed E-state index contributed by atoms with van der Waals surface area (Å²) in [6, 6.07) is 5.08. The normalized spacial score (nSPS) is 29.8. The minimum Gasteiger partial charge on any atom is -0.507 e. The number of carbonyl (C=O) groups excluding carboxylic acids is 3. The molecule has 4 N–H and O–H groups in total. The van der Waals surface area contributed by atoms with Gasteiger partial charge in [-0.1, -0.05) is 52.3 Å². The fourth-order valence-corrected chi connectivity index (χ4v) is 9.35. The highest BCUT2D eigenvalue weighted by Crippen LogP contribution is 2.50. The van der Waals surface area contributed by atoms with Gasteiger partial charge in [0.15, 0.2) is 11.3 Å². The summed E-state index contributed by atoms with van der Waals surface area (Å²) in [6.07, 6.45) is 7.16. The molecule has 2 aromatic rings. The summed E-state index contributed by atoms with van der Waals surface area (Å²) in [5.41, 5.74) is -0.477. The first-order valence-corrected chi connectivity index (χ1v) is 22.6. The summed E-state index contributed by atoms with van der Waals surface area (Å²) < 4.78 is 36.5. The summed E-state index contributed by atoms with van der Waals surface area (Å²) in [5, 5.41) is 37.2. The lowest BCUT2D eigenvalue weighted by Crippen LogP contribution is -2.46. The van der Waals surface area contributed by atoms with Crippen molar-refractivity contribution >= 4 is 45.2 Å². The van der Waals surface area contributed by atoms with Gasteiger partial charge < -0.3 is 48.7 Å². The van der Waals surface area contributed by atoms with E-state index in [1.807, 2.05) is 0 Å². The van der Waals surface area contributed by atoms with Crippen LogP contribution in [0.25, 0.3) is 33.3 Å². The number of hydrogen-bond acceptors (Lipinski definition) is 15. The molecular weight excluding hydrogens is 851 g/mol. The van der Waals surface area contributed by atoms with E-state index in [1.54, 1.807) is 58.0 Å². The number of piperidine rings is 1. The monoisotopic (exact) mass is 911 g/mol. The quantitative estimate of drug-likeness (QED) is 0.0888. The maximum Gasteiger partial charge on any atom is 0.312 e. The number of hydrogen-bond donors (Lipinski definition) is 4. The largest absolute Gasteiger partial charge is 0.507 e. The van der Waals surface area contributed by atoms with Crippen LogP contribution in [0, 0.1) is 30.6 Å². The van der Waals surface area contributed by atoms with E-state index in [9.17, 15) is 34.5 Å². The van der Waals surface area contributed by atoms with Crippen molar-refractivity contribution < 1.29 is 57.8 Å². The Labute approximate surface area is 383 Å². The van der Waals surface area contributed by atoms with Crippen LogP contribution < -0.4 is 20.2 Å². The van der Waals surface area contributed by atoms with Crippen molar-refractivity contribution in [1.82, 2.24) is 9.88 Å². The van der Waals surface area contributed by atoms with Crippen molar-refractivity contribution in [3.05, 3.63) is 75.7 Å². The average Bonchev–Trinajstić information content (AvgIpc) is 3.56. The molecule has 4 bridgehead atoms. The van der Waals surface area contributed by atoms with Crippen molar-refractivity contribution in [2.24, 2.45) is 23.7 Å². The molecule has 0 unspecified atom stereocenters. The van der Waals surface area contributed by atoms with Gasteiger partial charge in [0.05, 0.1) is 35.5 Å². The van der Waals surface area contributed by atoms with E-state index in [-0.39, 0.29) is 55.9 Å². The summed E-state index contributed by atoms with van der Waals surface area (Å²) >= 11 is 0. The Morgan fingerprint density at radius 3 is 2.41 bits per heavy atom. The van der Waals surface area contributed by atoms with Gasteiger partial charge in [0.1, 0.15) is 46.9 Å². The predicted octanol–water partition coefficient (Wildman–Crippen LogP) is 6.81. The molecule has 1 aliphatic carbocycles. The van der Waals surface area contributed by atoms with Gasteiger partial charge in [-0.05, 0) is 58.0 Å². The number of carbonyl (C=O) groups is 3. The number of Topliss-reactive ketones (excluding diaryl/α,β-unsaturated/α-hetero) is 1. The van der Waals surface area contributed by atoms with E-state index in [0.29, 0.717) is 17.9 Å². The van der Waals surface area contributed by atoms with E-state index in [4.69, 9.17) is 33.1 Å². The molecule has 5 aliphatic rings. The summed E-state index contributed by atoms with van der Waals surface area (Å²) in [4.78, 5) is 63.2. The number of likely N-dealkylation sites (tertiary alicyclic amines) is 1. The van der Waals surface area contributed by atoms with E-state index >= 15 is 0 Å². The number of ether oxygens (including phenoxy) is 5. The number of benzene rings is 3. The Bertz CT molecular complexity index is 2630. The van der Waals surface area contributed by atoms with E-state index in [1.165, 1.54) is 59.6 Å². The number of aromatic nitrogens is 1. The number of allylic oxidation sites excluding steroid dienone is 2. The second-order valence-corrected chi connectivity index (χ2v) is 18.1. The number of aliphatic hydroxyl groups excluding tert-OH is 2. The lowest BCUT2D eigenvalue weighted by molar-refractivity contribution is -0.160. The van der Waals surface area contributed by atoms with Crippen molar-refractivity contribution in [2.75, 3.05) is 38.7 Å². The summed E-state index contributed by atoms with van der Waals surface area (Å²) in [7, 11) is 1.45. The van der Waals surface area contributed by atoms with Crippen LogP contribution in [0.2, 0.25) is 0 Å². The molecule has 2 aromatic carbocycles.